The highest BCUT2D eigenvalue weighted by atomic mass is 32.2. The van der Waals surface area contributed by atoms with Crippen LogP contribution in [0.25, 0.3) is 0 Å². The molecule has 1 N–H and O–H groups in total. The summed E-state index contributed by atoms with van der Waals surface area (Å²) in [5.74, 6) is 1.60. The van der Waals surface area contributed by atoms with Crippen LogP contribution in [0.4, 0.5) is 0 Å². The maximum absolute atomic E-state index is 11.3. The normalized spacial score (nSPS) is 10.1. The topological polar surface area (TPSA) is 29.1 Å². The lowest BCUT2D eigenvalue weighted by Gasteiger charge is -2.05. The van der Waals surface area contributed by atoms with Crippen LogP contribution in [0.1, 0.15) is 24.5 Å². The Balaban J connectivity index is 2.25. The van der Waals surface area contributed by atoms with Gasteiger partial charge in [-0.2, -0.15) is 0 Å². The summed E-state index contributed by atoms with van der Waals surface area (Å²) in [7, 11) is 0. The smallest absolute Gasteiger partial charge is 0.230 e. The van der Waals surface area contributed by atoms with E-state index >= 15 is 0 Å². The summed E-state index contributed by atoms with van der Waals surface area (Å²) in [5, 5.41) is 2.87. The Bertz CT molecular complexity index is 338. The molecule has 1 rings (SSSR count). The van der Waals surface area contributed by atoms with Gasteiger partial charge in [0.25, 0.3) is 0 Å². The molecule has 0 aliphatic rings. The van der Waals surface area contributed by atoms with E-state index in [0.29, 0.717) is 5.75 Å². The lowest BCUT2D eigenvalue weighted by Crippen LogP contribution is -2.25. The van der Waals surface area contributed by atoms with Crippen molar-refractivity contribution in [3.8, 4) is 0 Å². The van der Waals surface area contributed by atoms with Crippen LogP contribution in [0.5, 0.6) is 0 Å². The highest BCUT2D eigenvalue weighted by Crippen LogP contribution is 2.15. The van der Waals surface area contributed by atoms with Crippen molar-refractivity contribution in [2.45, 2.75) is 26.0 Å². The van der Waals surface area contributed by atoms with E-state index in [0.717, 1.165) is 18.7 Å². The Kier molecular flexibility index (Phi) is 6.01. The summed E-state index contributed by atoms with van der Waals surface area (Å²) in [4.78, 5) is 11.3. The lowest BCUT2D eigenvalue weighted by molar-refractivity contribution is -0.118. The second-order valence-electron chi connectivity index (χ2n) is 3.77. The number of nitrogens with one attached hydrogen (secondary N) is 1. The van der Waals surface area contributed by atoms with Crippen molar-refractivity contribution in [3.05, 3.63) is 35.4 Å². The van der Waals surface area contributed by atoms with Gasteiger partial charge in [-0.1, -0.05) is 31.2 Å². The van der Waals surface area contributed by atoms with E-state index in [1.54, 1.807) is 11.8 Å². The van der Waals surface area contributed by atoms with Gasteiger partial charge in [-0.05, 0) is 24.5 Å². The summed E-state index contributed by atoms with van der Waals surface area (Å²) < 4.78 is 0. The van der Waals surface area contributed by atoms with Gasteiger partial charge in [0.1, 0.15) is 0 Å². The number of amides is 1. The molecule has 0 aliphatic carbocycles. The molecule has 0 atom stereocenters. The van der Waals surface area contributed by atoms with E-state index in [1.165, 1.54) is 11.1 Å². The van der Waals surface area contributed by atoms with Crippen molar-refractivity contribution in [2.24, 2.45) is 0 Å². The number of benzene rings is 1. The number of hydrogen-bond acceptors (Lipinski definition) is 2. The molecule has 0 bridgehead atoms. The van der Waals surface area contributed by atoms with Gasteiger partial charge in [-0.15, -0.1) is 11.8 Å². The van der Waals surface area contributed by atoms with Crippen molar-refractivity contribution in [2.75, 3.05) is 12.3 Å². The van der Waals surface area contributed by atoms with E-state index in [2.05, 4.69) is 31.3 Å². The van der Waals surface area contributed by atoms with Gasteiger partial charge in [0, 0.05) is 12.3 Å². The van der Waals surface area contributed by atoms with Gasteiger partial charge in [0.05, 0.1) is 5.75 Å². The molecule has 2 nitrogen and oxygen atoms in total. The Morgan fingerprint density at radius 2 is 2.12 bits per heavy atom. The number of carbonyl (C=O) groups is 1. The number of rotatable bonds is 6. The zero-order valence-corrected chi connectivity index (χ0v) is 10.8. The standard InChI is InChI=1S/C13H19NOS/c1-3-8-14-13(15)10-16-9-12-7-5-4-6-11(12)2/h4-7H,3,8-10H2,1-2H3,(H,14,15). The quantitative estimate of drug-likeness (QED) is 0.824. The summed E-state index contributed by atoms with van der Waals surface area (Å²) in [6.07, 6.45) is 0.994. The molecule has 0 aromatic heterocycles. The molecular formula is C13H19NOS. The van der Waals surface area contributed by atoms with Crippen molar-refractivity contribution in [3.63, 3.8) is 0 Å². The van der Waals surface area contributed by atoms with Crippen molar-refractivity contribution >= 4 is 17.7 Å². The SMILES string of the molecule is CCCNC(=O)CSCc1ccccc1C. The zero-order valence-electron chi connectivity index (χ0n) is 9.95. The van der Waals surface area contributed by atoms with Crippen molar-refractivity contribution in [1.29, 1.82) is 0 Å². The third-order valence-corrected chi connectivity index (χ3v) is 3.31. The van der Waals surface area contributed by atoms with Crippen molar-refractivity contribution in [1.82, 2.24) is 5.32 Å². The monoisotopic (exact) mass is 237 g/mol. The first-order chi connectivity index (χ1) is 7.74. The van der Waals surface area contributed by atoms with E-state index < -0.39 is 0 Å². The second-order valence-corrected chi connectivity index (χ2v) is 4.75. The Hall–Kier alpha value is -0.960. The van der Waals surface area contributed by atoms with E-state index in [9.17, 15) is 4.79 Å². The zero-order chi connectivity index (χ0) is 11.8. The molecule has 0 unspecified atom stereocenters. The van der Waals surface area contributed by atoms with Crippen LogP contribution in [0.3, 0.4) is 0 Å². The van der Waals surface area contributed by atoms with E-state index in [1.807, 2.05) is 12.1 Å². The fourth-order valence-electron chi connectivity index (χ4n) is 1.34. The summed E-state index contributed by atoms with van der Waals surface area (Å²) in [6.45, 7) is 4.94. The average Bonchev–Trinajstić information content (AvgIpc) is 2.29. The first-order valence-corrected chi connectivity index (χ1v) is 6.78. The second kappa shape index (κ2) is 7.34. The van der Waals surface area contributed by atoms with Crippen LogP contribution in [0.2, 0.25) is 0 Å². The number of carbonyl (C=O) groups excluding carboxylic acids is 1. The number of aryl methyl sites for hydroxylation is 1. The Morgan fingerprint density at radius 1 is 1.38 bits per heavy atom. The molecule has 0 aliphatic heterocycles. The molecule has 0 heterocycles. The molecule has 0 spiro atoms. The minimum absolute atomic E-state index is 0.139. The maximum atomic E-state index is 11.3. The minimum Gasteiger partial charge on any atom is -0.355 e. The van der Waals surface area contributed by atoms with Crippen LogP contribution in [-0.4, -0.2) is 18.2 Å². The first-order valence-electron chi connectivity index (χ1n) is 5.63. The molecule has 0 radical (unpaired) electrons. The molecule has 1 aromatic rings. The van der Waals surface area contributed by atoms with Gasteiger partial charge in [0.15, 0.2) is 0 Å². The van der Waals surface area contributed by atoms with Gasteiger partial charge in [0.2, 0.25) is 5.91 Å². The fourth-order valence-corrected chi connectivity index (χ4v) is 2.27. The first kappa shape index (κ1) is 13.1. The minimum atomic E-state index is 0.139. The fraction of sp³-hybridized carbons (Fsp3) is 0.462. The van der Waals surface area contributed by atoms with Gasteiger partial charge >= 0.3 is 0 Å². The van der Waals surface area contributed by atoms with E-state index in [-0.39, 0.29) is 5.91 Å². The summed E-state index contributed by atoms with van der Waals surface area (Å²) >= 11 is 1.67. The van der Waals surface area contributed by atoms with Crippen LogP contribution < -0.4 is 5.32 Å². The van der Waals surface area contributed by atoms with Gasteiger partial charge in [-0.3, -0.25) is 4.79 Å². The van der Waals surface area contributed by atoms with Crippen LogP contribution >= 0.6 is 11.8 Å². The third kappa shape index (κ3) is 4.71. The maximum Gasteiger partial charge on any atom is 0.230 e. The van der Waals surface area contributed by atoms with Crippen LogP contribution in [0.15, 0.2) is 24.3 Å². The molecule has 3 heteroatoms. The molecular weight excluding hydrogens is 218 g/mol. The van der Waals surface area contributed by atoms with Crippen LogP contribution in [0, 0.1) is 6.92 Å². The predicted octanol–water partition coefficient (Wildman–Crippen LogP) is 2.75. The number of hydrogen-bond donors (Lipinski definition) is 1. The van der Waals surface area contributed by atoms with Crippen molar-refractivity contribution < 1.29 is 4.79 Å². The lowest BCUT2D eigenvalue weighted by atomic mass is 10.1. The molecule has 1 aromatic carbocycles. The summed E-state index contributed by atoms with van der Waals surface area (Å²) in [6, 6.07) is 8.30. The molecule has 0 saturated heterocycles. The number of thioether (sulfide) groups is 1. The molecule has 0 saturated carbocycles. The Morgan fingerprint density at radius 3 is 2.81 bits per heavy atom. The molecule has 16 heavy (non-hydrogen) atoms. The van der Waals surface area contributed by atoms with Gasteiger partial charge < -0.3 is 5.32 Å². The predicted molar refractivity (Wildman–Crippen MR) is 70.6 cm³/mol. The Labute approximate surface area is 102 Å². The van der Waals surface area contributed by atoms with E-state index in [4.69, 9.17) is 0 Å². The summed E-state index contributed by atoms with van der Waals surface area (Å²) in [5.41, 5.74) is 2.61. The highest BCUT2D eigenvalue weighted by molar-refractivity contribution is 7.99. The average molecular weight is 237 g/mol. The van der Waals surface area contributed by atoms with Crippen LogP contribution in [-0.2, 0) is 10.5 Å². The van der Waals surface area contributed by atoms with Gasteiger partial charge in [-0.25, -0.2) is 0 Å². The largest absolute Gasteiger partial charge is 0.355 e. The molecule has 88 valence electrons. The molecule has 1 amide bonds. The highest BCUT2D eigenvalue weighted by Gasteiger charge is 2.01. The molecule has 0 fully saturated rings. The third-order valence-electron chi connectivity index (χ3n) is 2.32.